The molecule has 0 atom stereocenters. The number of hydrogen-bond acceptors (Lipinski definition) is 5. The molecule has 2 heterocycles. The average molecular weight is 365 g/mol. The van der Waals surface area contributed by atoms with Crippen molar-refractivity contribution in [2.45, 2.75) is 6.18 Å². The fraction of sp³-hybridized carbons (Fsp3) is 0.353. The molecular weight excluding hydrogens is 347 g/mol. The summed E-state index contributed by atoms with van der Waals surface area (Å²) in [6.45, 7) is 2.78. The second-order valence-corrected chi connectivity index (χ2v) is 6.09. The minimum Gasteiger partial charge on any atom is -0.340 e. The van der Waals surface area contributed by atoms with Crippen molar-refractivity contribution in [2.24, 2.45) is 0 Å². The molecular formula is C17H18F3N5O. The summed E-state index contributed by atoms with van der Waals surface area (Å²) in [5, 5.41) is 2.79. The summed E-state index contributed by atoms with van der Waals surface area (Å²) in [5.74, 6) is 0.0457. The molecule has 1 fully saturated rings. The number of rotatable bonds is 3. The number of benzene rings is 1. The van der Waals surface area contributed by atoms with Gasteiger partial charge in [-0.15, -0.1) is 0 Å². The van der Waals surface area contributed by atoms with Gasteiger partial charge in [0, 0.05) is 37.9 Å². The van der Waals surface area contributed by atoms with Crippen molar-refractivity contribution in [3.63, 3.8) is 0 Å². The first kappa shape index (κ1) is 18.1. The molecule has 138 valence electrons. The van der Waals surface area contributed by atoms with Gasteiger partial charge in [0.05, 0.1) is 5.56 Å². The standard InChI is InChI=1S/C17H18F3N5O/c1-24-5-7-25(8-6-24)16(26)14-10-15(22-11-21-14)23-13-4-2-3-12(9-13)17(18,19)20/h2-4,9-11H,5-8H2,1H3,(H,21,22,23). The number of piperazine rings is 1. The van der Waals surface area contributed by atoms with E-state index in [9.17, 15) is 18.0 Å². The van der Waals surface area contributed by atoms with Crippen LogP contribution < -0.4 is 5.32 Å². The van der Waals surface area contributed by atoms with Crippen LogP contribution in [0.3, 0.4) is 0 Å². The fourth-order valence-corrected chi connectivity index (χ4v) is 2.64. The molecule has 0 saturated carbocycles. The summed E-state index contributed by atoms with van der Waals surface area (Å²) in [4.78, 5) is 24.4. The van der Waals surface area contributed by atoms with E-state index in [-0.39, 0.29) is 23.1 Å². The Labute approximate surface area is 148 Å². The van der Waals surface area contributed by atoms with Gasteiger partial charge in [0.2, 0.25) is 0 Å². The van der Waals surface area contributed by atoms with E-state index in [0.717, 1.165) is 25.2 Å². The Balaban J connectivity index is 1.74. The molecule has 1 saturated heterocycles. The van der Waals surface area contributed by atoms with Crippen molar-refractivity contribution in [1.82, 2.24) is 19.8 Å². The Bertz CT molecular complexity index is 788. The van der Waals surface area contributed by atoms with Crippen LogP contribution in [0.2, 0.25) is 0 Å². The van der Waals surface area contributed by atoms with Crippen molar-refractivity contribution in [1.29, 1.82) is 0 Å². The lowest BCUT2D eigenvalue weighted by atomic mass is 10.2. The zero-order chi connectivity index (χ0) is 18.7. The highest BCUT2D eigenvalue weighted by Crippen LogP contribution is 2.31. The van der Waals surface area contributed by atoms with Crippen LogP contribution in [0.25, 0.3) is 0 Å². The van der Waals surface area contributed by atoms with Gasteiger partial charge in [0.25, 0.3) is 5.91 Å². The lowest BCUT2D eigenvalue weighted by Crippen LogP contribution is -2.47. The van der Waals surface area contributed by atoms with Crippen LogP contribution in [0.1, 0.15) is 16.1 Å². The smallest absolute Gasteiger partial charge is 0.340 e. The van der Waals surface area contributed by atoms with E-state index in [1.54, 1.807) is 4.90 Å². The zero-order valence-electron chi connectivity index (χ0n) is 14.1. The molecule has 1 aliphatic heterocycles. The van der Waals surface area contributed by atoms with E-state index in [1.165, 1.54) is 24.5 Å². The topological polar surface area (TPSA) is 61.4 Å². The number of halogens is 3. The molecule has 1 aromatic heterocycles. The summed E-state index contributed by atoms with van der Waals surface area (Å²) >= 11 is 0. The Morgan fingerprint density at radius 3 is 2.54 bits per heavy atom. The van der Waals surface area contributed by atoms with Gasteiger partial charge >= 0.3 is 6.18 Å². The highest BCUT2D eigenvalue weighted by atomic mass is 19.4. The molecule has 26 heavy (non-hydrogen) atoms. The predicted molar refractivity (Wildman–Crippen MR) is 90.2 cm³/mol. The maximum absolute atomic E-state index is 12.8. The van der Waals surface area contributed by atoms with Crippen LogP contribution in [0.4, 0.5) is 24.7 Å². The van der Waals surface area contributed by atoms with Crippen molar-refractivity contribution in [3.8, 4) is 0 Å². The largest absolute Gasteiger partial charge is 0.416 e. The number of anilines is 2. The third-order valence-corrected chi connectivity index (χ3v) is 4.14. The molecule has 0 aliphatic carbocycles. The molecule has 1 aromatic carbocycles. The quantitative estimate of drug-likeness (QED) is 0.906. The molecule has 1 aliphatic rings. The van der Waals surface area contributed by atoms with Crippen molar-refractivity contribution in [3.05, 3.63) is 47.9 Å². The normalized spacial score (nSPS) is 15.8. The van der Waals surface area contributed by atoms with Crippen molar-refractivity contribution >= 4 is 17.4 Å². The van der Waals surface area contributed by atoms with Gasteiger partial charge in [-0.25, -0.2) is 9.97 Å². The summed E-state index contributed by atoms with van der Waals surface area (Å²) in [5.41, 5.74) is -0.319. The molecule has 0 unspecified atom stereocenters. The van der Waals surface area contributed by atoms with E-state index < -0.39 is 11.7 Å². The van der Waals surface area contributed by atoms with Gasteiger partial charge < -0.3 is 15.1 Å². The third-order valence-electron chi connectivity index (χ3n) is 4.14. The van der Waals surface area contributed by atoms with Crippen LogP contribution in [-0.2, 0) is 6.18 Å². The molecule has 0 radical (unpaired) electrons. The van der Waals surface area contributed by atoms with Crippen LogP contribution in [0.15, 0.2) is 36.7 Å². The molecule has 9 heteroatoms. The number of aromatic nitrogens is 2. The lowest BCUT2D eigenvalue weighted by Gasteiger charge is -2.32. The van der Waals surface area contributed by atoms with E-state index in [4.69, 9.17) is 0 Å². The Kier molecular flexibility index (Phi) is 5.08. The summed E-state index contributed by atoms with van der Waals surface area (Å²) < 4.78 is 38.4. The van der Waals surface area contributed by atoms with Crippen LogP contribution in [0, 0.1) is 0 Å². The Morgan fingerprint density at radius 1 is 1.12 bits per heavy atom. The van der Waals surface area contributed by atoms with Gasteiger partial charge in [-0.05, 0) is 25.2 Å². The predicted octanol–water partition coefficient (Wildman–Crippen LogP) is 2.63. The van der Waals surface area contributed by atoms with Crippen LogP contribution in [0.5, 0.6) is 0 Å². The Morgan fingerprint density at radius 2 is 1.85 bits per heavy atom. The summed E-state index contributed by atoms with van der Waals surface area (Å²) in [7, 11) is 1.99. The Hall–Kier alpha value is -2.68. The van der Waals surface area contributed by atoms with Gasteiger partial charge in [-0.3, -0.25) is 4.79 Å². The fourth-order valence-electron chi connectivity index (χ4n) is 2.64. The molecule has 1 N–H and O–H groups in total. The summed E-state index contributed by atoms with van der Waals surface area (Å²) in [6, 6.07) is 6.24. The molecule has 0 spiro atoms. The number of nitrogens with one attached hydrogen (secondary N) is 1. The molecule has 2 aromatic rings. The van der Waals surface area contributed by atoms with Crippen molar-refractivity contribution < 1.29 is 18.0 Å². The number of hydrogen-bond donors (Lipinski definition) is 1. The second kappa shape index (κ2) is 7.28. The number of amides is 1. The first-order valence-corrected chi connectivity index (χ1v) is 8.07. The lowest BCUT2D eigenvalue weighted by molar-refractivity contribution is -0.137. The van der Waals surface area contributed by atoms with Gasteiger partial charge in [-0.1, -0.05) is 6.07 Å². The number of alkyl halides is 3. The molecule has 3 rings (SSSR count). The maximum atomic E-state index is 12.8. The first-order chi connectivity index (χ1) is 12.3. The summed E-state index contributed by atoms with van der Waals surface area (Å²) in [6.07, 6.45) is -3.20. The van der Waals surface area contributed by atoms with Crippen LogP contribution >= 0.6 is 0 Å². The molecule has 6 nitrogen and oxygen atoms in total. The van der Waals surface area contributed by atoms with Gasteiger partial charge in [0.15, 0.2) is 0 Å². The van der Waals surface area contributed by atoms with Crippen LogP contribution in [-0.4, -0.2) is 58.9 Å². The van der Waals surface area contributed by atoms with Crippen molar-refractivity contribution in [2.75, 3.05) is 38.5 Å². The third kappa shape index (κ3) is 4.29. The first-order valence-electron chi connectivity index (χ1n) is 8.07. The highest BCUT2D eigenvalue weighted by molar-refractivity contribution is 5.93. The van der Waals surface area contributed by atoms with Gasteiger partial charge in [-0.2, -0.15) is 13.2 Å². The number of nitrogens with zero attached hydrogens (tertiary/aromatic N) is 4. The molecule has 0 bridgehead atoms. The van der Waals surface area contributed by atoms with E-state index in [2.05, 4.69) is 20.2 Å². The van der Waals surface area contributed by atoms with E-state index >= 15 is 0 Å². The number of carbonyl (C=O) groups is 1. The number of likely N-dealkylation sites (N-methyl/N-ethyl adjacent to an activating group) is 1. The van der Waals surface area contributed by atoms with E-state index in [0.29, 0.717) is 13.1 Å². The maximum Gasteiger partial charge on any atom is 0.416 e. The SMILES string of the molecule is CN1CCN(C(=O)c2cc(Nc3cccc(C(F)(F)F)c3)ncn2)CC1. The second-order valence-electron chi connectivity index (χ2n) is 6.09. The van der Waals surface area contributed by atoms with Gasteiger partial charge in [0.1, 0.15) is 17.8 Å². The molecule has 1 amide bonds. The monoisotopic (exact) mass is 365 g/mol. The minimum atomic E-state index is -4.42. The number of carbonyl (C=O) groups excluding carboxylic acids is 1. The average Bonchev–Trinajstić information content (AvgIpc) is 2.61. The zero-order valence-corrected chi connectivity index (χ0v) is 14.1. The minimum absolute atomic E-state index is 0.207. The van der Waals surface area contributed by atoms with E-state index in [1.807, 2.05) is 7.05 Å². The highest BCUT2D eigenvalue weighted by Gasteiger charge is 2.30.